The molecule has 1 heterocycles. The molecule has 0 aliphatic heterocycles. The van der Waals surface area contributed by atoms with Gasteiger partial charge in [0.25, 0.3) is 0 Å². The molecule has 1 N–H and O–H groups in total. The first-order valence-corrected chi connectivity index (χ1v) is 5.55. The monoisotopic (exact) mass is 288 g/mol. The summed E-state index contributed by atoms with van der Waals surface area (Å²) in [7, 11) is 0. The lowest BCUT2D eigenvalue weighted by atomic mass is 10.1. The van der Waals surface area contributed by atoms with Crippen LogP contribution in [0.4, 0.5) is 10.1 Å². The number of fused-ring (bicyclic) bond motifs is 1. The summed E-state index contributed by atoms with van der Waals surface area (Å²) < 4.78 is 13.6. The molecule has 6 heteroatoms. The van der Waals surface area contributed by atoms with Gasteiger partial charge in [0.2, 0.25) is 5.91 Å². The number of nitrogens with one attached hydrogen (secondary N) is 1. The summed E-state index contributed by atoms with van der Waals surface area (Å²) in [6.07, 6.45) is 1.63. The number of benzene rings is 1. The van der Waals surface area contributed by atoms with E-state index in [-0.39, 0.29) is 24.0 Å². The van der Waals surface area contributed by atoms with E-state index in [1.165, 1.54) is 19.1 Å². The number of hydrogen-bond donors (Lipinski definition) is 1. The Morgan fingerprint density at radius 2 is 2.17 bits per heavy atom. The lowest BCUT2D eigenvalue weighted by Gasteiger charge is -2.06. The lowest BCUT2D eigenvalue weighted by molar-refractivity contribution is -0.114. The number of amides is 1. The van der Waals surface area contributed by atoms with Crippen molar-refractivity contribution in [3.05, 3.63) is 35.8 Å². The van der Waals surface area contributed by atoms with Gasteiger partial charge in [-0.05, 0) is 23.8 Å². The molecule has 96 valence electrons. The highest BCUT2D eigenvalue weighted by Gasteiger charge is 2.07. The Balaban J connectivity index is 0.00000162. The van der Waals surface area contributed by atoms with E-state index < -0.39 is 5.82 Å². The summed E-state index contributed by atoms with van der Waals surface area (Å²) in [6, 6.07) is 4.61. The Morgan fingerprint density at radius 1 is 1.44 bits per heavy atom. The van der Waals surface area contributed by atoms with Gasteiger partial charge in [0.15, 0.2) is 0 Å². The Kier molecular flexibility index (Phi) is 4.87. The molecule has 0 fully saturated rings. The SMILES string of the molecule is CC(=O)Nc1cc2ncc(CCl)cc2cc1F.Cl. The van der Waals surface area contributed by atoms with Gasteiger partial charge < -0.3 is 5.32 Å². The van der Waals surface area contributed by atoms with Crippen molar-refractivity contribution >= 4 is 46.5 Å². The minimum absolute atomic E-state index is 0. The van der Waals surface area contributed by atoms with Crippen LogP contribution in [0.25, 0.3) is 10.9 Å². The Morgan fingerprint density at radius 3 is 2.78 bits per heavy atom. The van der Waals surface area contributed by atoms with Crippen LogP contribution < -0.4 is 5.32 Å². The summed E-state index contributed by atoms with van der Waals surface area (Å²) in [4.78, 5) is 15.0. The minimum atomic E-state index is -0.485. The molecule has 1 aromatic heterocycles. The van der Waals surface area contributed by atoms with Crippen LogP contribution in [-0.4, -0.2) is 10.9 Å². The molecule has 18 heavy (non-hydrogen) atoms. The Bertz CT molecular complexity index is 590. The molecule has 0 saturated carbocycles. The third kappa shape index (κ3) is 3.09. The van der Waals surface area contributed by atoms with E-state index in [0.29, 0.717) is 16.8 Å². The average Bonchev–Trinajstić information content (AvgIpc) is 2.29. The molecule has 2 aromatic rings. The van der Waals surface area contributed by atoms with Gasteiger partial charge in [-0.15, -0.1) is 24.0 Å². The second-order valence-corrected chi connectivity index (χ2v) is 3.95. The molecule has 0 atom stereocenters. The summed E-state index contributed by atoms with van der Waals surface area (Å²) in [6.45, 7) is 1.33. The van der Waals surface area contributed by atoms with Gasteiger partial charge in [-0.25, -0.2) is 4.39 Å². The van der Waals surface area contributed by atoms with Crippen molar-refractivity contribution in [2.75, 3.05) is 5.32 Å². The molecular formula is C12H11Cl2FN2O. The first-order chi connectivity index (χ1) is 8.10. The second-order valence-electron chi connectivity index (χ2n) is 3.68. The molecule has 0 bridgehead atoms. The normalized spacial score (nSPS) is 9.94. The van der Waals surface area contributed by atoms with Crippen molar-refractivity contribution in [3.8, 4) is 0 Å². The molecule has 0 radical (unpaired) electrons. The van der Waals surface area contributed by atoms with Crippen molar-refractivity contribution < 1.29 is 9.18 Å². The van der Waals surface area contributed by atoms with Gasteiger partial charge in [-0.2, -0.15) is 0 Å². The highest BCUT2D eigenvalue weighted by atomic mass is 35.5. The van der Waals surface area contributed by atoms with E-state index in [4.69, 9.17) is 11.6 Å². The fourth-order valence-electron chi connectivity index (χ4n) is 1.55. The highest BCUT2D eigenvalue weighted by molar-refractivity contribution is 6.17. The molecule has 0 unspecified atom stereocenters. The van der Waals surface area contributed by atoms with E-state index in [9.17, 15) is 9.18 Å². The third-order valence-electron chi connectivity index (χ3n) is 2.29. The molecular weight excluding hydrogens is 278 g/mol. The van der Waals surface area contributed by atoms with Gasteiger partial charge in [0.1, 0.15) is 5.82 Å². The van der Waals surface area contributed by atoms with Crippen molar-refractivity contribution in [3.63, 3.8) is 0 Å². The predicted molar refractivity (Wildman–Crippen MR) is 72.8 cm³/mol. The smallest absolute Gasteiger partial charge is 0.221 e. The summed E-state index contributed by atoms with van der Waals surface area (Å²) in [5, 5.41) is 3.08. The number of pyridine rings is 1. The van der Waals surface area contributed by atoms with Crippen molar-refractivity contribution in [2.24, 2.45) is 0 Å². The molecule has 0 saturated heterocycles. The topological polar surface area (TPSA) is 42.0 Å². The fraction of sp³-hybridized carbons (Fsp3) is 0.167. The molecule has 3 nitrogen and oxygen atoms in total. The zero-order valence-corrected chi connectivity index (χ0v) is 11.1. The molecule has 0 aliphatic carbocycles. The zero-order chi connectivity index (χ0) is 12.4. The predicted octanol–water partition coefficient (Wildman–Crippen LogP) is 3.49. The first kappa shape index (κ1) is 14.7. The molecule has 2 rings (SSSR count). The molecule has 1 amide bonds. The molecule has 0 spiro atoms. The molecule has 0 aliphatic rings. The number of nitrogens with zero attached hydrogens (tertiary/aromatic N) is 1. The van der Waals surface area contributed by atoms with Crippen LogP contribution >= 0.6 is 24.0 Å². The number of alkyl halides is 1. The lowest BCUT2D eigenvalue weighted by Crippen LogP contribution is -2.07. The standard InChI is InChI=1S/C12H10ClFN2O.ClH/c1-7(17)16-12-4-11-9(3-10(12)14)2-8(5-13)6-15-11;/h2-4,6H,5H2,1H3,(H,16,17);1H. The number of rotatable bonds is 2. The van der Waals surface area contributed by atoms with Crippen molar-refractivity contribution in [1.82, 2.24) is 4.98 Å². The third-order valence-corrected chi connectivity index (χ3v) is 2.60. The molecule has 1 aromatic carbocycles. The van der Waals surface area contributed by atoms with Crippen LogP contribution in [-0.2, 0) is 10.7 Å². The van der Waals surface area contributed by atoms with Crippen LogP contribution in [0.15, 0.2) is 24.4 Å². The van der Waals surface area contributed by atoms with Crippen molar-refractivity contribution in [1.29, 1.82) is 0 Å². The van der Waals surface area contributed by atoms with E-state index in [1.54, 1.807) is 12.3 Å². The van der Waals surface area contributed by atoms with Gasteiger partial charge in [0.05, 0.1) is 11.2 Å². The first-order valence-electron chi connectivity index (χ1n) is 5.02. The highest BCUT2D eigenvalue weighted by Crippen LogP contribution is 2.22. The average molecular weight is 289 g/mol. The van der Waals surface area contributed by atoms with Gasteiger partial charge in [-0.3, -0.25) is 9.78 Å². The maximum atomic E-state index is 13.6. The van der Waals surface area contributed by atoms with Crippen LogP contribution in [0.3, 0.4) is 0 Å². The summed E-state index contributed by atoms with van der Waals surface area (Å²) in [5.41, 5.74) is 1.57. The largest absolute Gasteiger partial charge is 0.324 e. The van der Waals surface area contributed by atoms with Crippen LogP contribution in [0, 0.1) is 5.82 Å². The Hall–Kier alpha value is -1.39. The summed E-state index contributed by atoms with van der Waals surface area (Å²) >= 11 is 5.68. The number of anilines is 1. The maximum absolute atomic E-state index is 13.6. The summed E-state index contributed by atoms with van der Waals surface area (Å²) in [5.74, 6) is -0.472. The number of carbonyl (C=O) groups excluding carboxylic acids is 1. The zero-order valence-electron chi connectivity index (χ0n) is 9.54. The number of halogens is 3. The van der Waals surface area contributed by atoms with Gasteiger partial charge in [0, 0.05) is 24.4 Å². The van der Waals surface area contributed by atoms with Crippen LogP contribution in [0.5, 0.6) is 0 Å². The van der Waals surface area contributed by atoms with Crippen LogP contribution in [0.2, 0.25) is 0 Å². The van der Waals surface area contributed by atoms with E-state index >= 15 is 0 Å². The maximum Gasteiger partial charge on any atom is 0.221 e. The van der Waals surface area contributed by atoms with Gasteiger partial charge >= 0.3 is 0 Å². The van der Waals surface area contributed by atoms with Crippen molar-refractivity contribution in [2.45, 2.75) is 12.8 Å². The van der Waals surface area contributed by atoms with E-state index in [2.05, 4.69) is 10.3 Å². The second kappa shape index (κ2) is 5.98. The number of hydrogen-bond acceptors (Lipinski definition) is 2. The Labute approximate surface area is 115 Å². The quantitative estimate of drug-likeness (QED) is 0.860. The minimum Gasteiger partial charge on any atom is -0.324 e. The van der Waals surface area contributed by atoms with Gasteiger partial charge in [-0.1, -0.05) is 0 Å². The van der Waals surface area contributed by atoms with E-state index in [0.717, 1.165) is 5.56 Å². The number of carbonyl (C=O) groups is 1. The van der Waals surface area contributed by atoms with Crippen LogP contribution in [0.1, 0.15) is 12.5 Å². The van der Waals surface area contributed by atoms with E-state index in [1.807, 2.05) is 0 Å². The fourth-order valence-corrected chi connectivity index (χ4v) is 1.70. The number of aromatic nitrogens is 1.